The second kappa shape index (κ2) is 19.5. The minimum absolute atomic E-state index is 0.121. The molecule has 3 aliphatic heterocycles. The van der Waals surface area contributed by atoms with Gasteiger partial charge in [0, 0.05) is 48.4 Å². The Balaban J connectivity index is 1.45. The number of allylic oxidation sites excluding steroid dienone is 1. The van der Waals surface area contributed by atoms with Crippen LogP contribution in [0.4, 0.5) is 4.79 Å². The number of alkyl carbamates (subject to hydrolysis) is 1. The Labute approximate surface area is 348 Å². The third-order valence-corrected chi connectivity index (χ3v) is 12.5. The van der Waals surface area contributed by atoms with Gasteiger partial charge in [0.1, 0.15) is 23.9 Å². The number of Topliss-reactive ketones (excluding diaryl/α,β-unsaturated/α-hetero) is 2. The molecule has 1 amide bonds. The third kappa shape index (κ3) is 10.5. The maximum atomic E-state index is 14.5. The topological polar surface area (TPSA) is 176 Å². The Morgan fingerprint density at radius 2 is 1.66 bits per heavy atom. The van der Waals surface area contributed by atoms with Gasteiger partial charge >= 0.3 is 12.1 Å². The molecule has 2 aromatic rings. The summed E-state index contributed by atoms with van der Waals surface area (Å²) in [5.74, 6) is -4.37. The number of esters is 1. The highest BCUT2D eigenvalue weighted by atomic mass is 16.7. The van der Waals surface area contributed by atoms with Crippen LogP contribution in [0.25, 0.3) is 17.5 Å². The molecule has 324 valence electrons. The summed E-state index contributed by atoms with van der Waals surface area (Å²) < 4.78 is 31.5. The summed E-state index contributed by atoms with van der Waals surface area (Å²) in [6, 6.07) is 8.62. The van der Waals surface area contributed by atoms with Gasteiger partial charge < -0.3 is 39.0 Å². The lowest BCUT2D eigenvalue weighted by Gasteiger charge is -2.47. The summed E-state index contributed by atoms with van der Waals surface area (Å²) in [7, 11) is 3.75. The van der Waals surface area contributed by atoms with Crippen molar-refractivity contribution in [2.45, 2.75) is 141 Å². The zero-order valence-electron chi connectivity index (χ0n) is 36.3. The smallest absolute Gasteiger partial charge is 0.408 e. The Morgan fingerprint density at radius 3 is 2.31 bits per heavy atom. The van der Waals surface area contributed by atoms with Crippen molar-refractivity contribution in [1.82, 2.24) is 20.2 Å². The van der Waals surface area contributed by atoms with E-state index in [4.69, 9.17) is 23.7 Å². The molecule has 3 aliphatic rings. The molecule has 14 heteroatoms. The Bertz CT molecular complexity index is 1790. The number of aromatic nitrogens is 2. The lowest BCUT2D eigenvalue weighted by Crippen LogP contribution is -2.60. The maximum absolute atomic E-state index is 14.5. The quantitative estimate of drug-likeness (QED) is 0.158. The average Bonchev–Trinajstić information content (AvgIpc) is 3.53. The van der Waals surface area contributed by atoms with Crippen molar-refractivity contribution in [3.63, 3.8) is 0 Å². The van der Waals surface area contributed by atoms with Gasteiger partial charge in [-0.3, -0.25) is 14.4 Å². The second-order valence-corrected chi connectivity index (χ2v) is 17.3. The van der Waals surface area contributed by atoms with Crippen LogP contribution in [-0.2, 0) is 38.1 Å². The van der Waals surface area contributed by atoms with E-state index in [1.165, 1.54) is 6.92 Å². The number of rotatable bonds is 11. The van der Waals surface area contributed by atoms with Gasteiger partial charge in [-0.1, -0.05) is 64.1 Å². The van der Waals surface area contributed by atoms with Crippen LogP contribution in [0.1, 0.15) is 93.1 Å². The number of hydrogen-bond donors (Lipinski definition) is 2. The number of fused-ring (bicyclic) bond motifs is 1. The zero-order chi connectivity index (χ0) is 43.2. The van der Waals surface area contributed by atoms with Gasteiger partial charge in [0.05, 0.1) is 23.9 Å². The molecule has 4 heterocycles. The van der Waals surface area contributed by atoms with Crippen LogP contribution in [0.5, 0.6) is 0 Å². The van der Waals surface area contributed by atoms with Gasteiger partial charge in [0.2, 0.25) is 0 Å². The number of ether oxygens (including phenoxy) is 5. The molecule has 0 radical (unpaired) electrons. The summed E-state index contributed by atoms with van der Waals surface area (Å²) in [5, 5.41) is 14.4. The number of carbonyl (C=O) groups is 4. The van der Waals surface area contributed by atoms with Crippen molar-refractivity contribution in [3.05, 3.63) is 54.4 Å². The van der Waals surface area contributed by atoms with E-state index in [9.17, 15) is 24.3 Å². The molecule has 0 aliphatic carbocycles. The second-order valence-electron chi connectivity index (χ2n) is 17.3. The van der Waals surface area contributed by atoms with E-state index in [-0.39, 0.29) is 37.4 Å². The van der Waals surface area contributed by atoms with E-state index in [1.54, 1.807) is 53.1 Å². The molecular formula is C45H64N4O10. The van der Waals surface area contributed by atoms with Crippen molar-refractivity contribution < 1.29 is 48.0 Å². The fraction of sp³-hybridized carbons (Fsp3) is 0.644. The summed E-state index contributed by atoms with van der Waals surface area (Å²) in [5.41, 5.74) is -0.747. The van der Waals surface area contributed by atoms with Crippen LogP contribution >= 0.6 is 0 Å². The van der Waals surface area contributed by atoms with Crippen LogP contribution in [0.15, 0.2) is 48.8 Å². The predicted octanol–water partition coefficient (Wildman–Crippen LogP) is 5.80. The molecule has 3 saturated heterocycles. The number of hydrogen-bond acceptors (Lipinski definition) is 13. The largest absolute Gasteiger partial charge is 0.458 e. The highest BCUT2D eigenvalue weighted by Gasteiger charge is 2.57. The van der Waals surface area contributed by atoms with Gasteiger partial charge in [0.15, 0.2) is 23.5 Å². The number of ketones is 2. The number of unbranched alkanes of at least 4 members (excludes halogenated alkanes) is 1. The van der Waals surface area contributed by atoms with Gasteiger partial charge in [0.25, 0.3) is 0 Å². The molecule has 0 bridgehead atoms. The van der Waals surface area contributed by atoms with E-state index in [0.29, 0.717) is 25.1 Å². The minimum atomic E-state index is -1.37. The van der Waals surface area contributed by atoms with Crippen LogP contribution in [-0.4, -0.2) is 118 Å². The number of cyclic esters (lactones) is 1. The summed E-state index contributed by atoms with van der Waals surface area (Å²) in [4.78, 5) is 66.0. The summed E-state index contributed by atoms with van der Waals surface area (Å²) in [6.45, 7) is 14.1. The molecular weight excluding hydrogens is 757 g/mol. The first-order chi connectivity index (χ1) is 27.9. The van der Waals surface area contributed by atoms with Gasteiger partial charge in [-0.15, -0.1) is 0 Å². The number of carbonyl (C=O) groups excluding carboxylic acids is 4. The van der Waals surface area contributed by atoms with Gasteiger partial charge in [-0.25, -0.2) is 14.8 Å². The molecule has 14 nitrogen and oxygen atoms in total. The Kier molecular flexibility index (Phi) is 15.2. The zero-order valence-corrected chi connectivity index (χ0v) is 36.3. The molecule has 3 fully saturated rings. The number of aliphatic hydroxyl groups excluding tert-OH is 1. The number of benzene rings is 1. The number of nitrogens with one attached hydrogen (secondary N) is 1. The van der Waals surface area contributed by atoms with Crippen LogP contribution < -0.4 is 5.32 Å². The maximum Gasteiger partial charge on any atom is 0.408 e. The van der Waals surface area contributed by atoms with Crippen molar-refractivity contribution in [2.75, 3.05) is 20.7 Å². The molecule has 2 N–H and O–H groups in total. The lowest BCUT2D eigenvalue weighted by atomic mass is 9.73. The standard InChI is InChI=1S/C45H64N4O10/c1-11-34-45(8)38(48-43(54)59-45)28(4)35(50)26(2)25-44(7,55-23-14-12-13-16-31-17-19-32(20-18-31)40-46-21-15-22-47-40)39(29(5)36(51)30(6)41(53)57-34)58-42-37(52)33(49(9)10)24-27(3)56-42/h13,15-22,26-30,33-34,37-39,42,52H,11-12,14,23-25H2,1-10H3,(H,48,54)/b16-13+/t26-,27-,28+,29+,30-,33+,34-,37-,38+,39-,42+,44-,45-/m1/s1. The number of nitrogens with zero attached hydrogens (tertiary/aromatic N) is 3. The highest BCUT2D eigenvalue weighted by Crippen LogP contribution is 2.40. The average molecular weight is 821 g/mol. The van der Waals surface area contributed by atoms with Crippen LogP contribution in [0.3, 0.4) is 0 Å². The third-order valence-electron chi connectivity index (χ3n) is 12.5. The van der Waals surface area contributed by atoms with E-state index < -0.39 is 83.4 Å². The first-order valence-corrected chi connectivity index (χ1v) is 21.0. The van der Waals surface area contributed by atoms with Crippen molar-refractivity contribution in [3.8, 4) is 11.4 Å². The van der Waals surface area contributed by atoms with Gasteiger partial charge in [-0.2, -0.15) is 0 Å². The minimum Gasteiger partial charge on any atom is -0.458 e. The van der Waals surface area contributed by atoms with Crippen molar-refractivity contribution in [1.29, 1.82) is 0 Å². The normalized spacial score (nSPS) is 36.2. The molecule has 5 rings (SSSR count). The molecule has 0 saturated carbocycles. The molecule has 0 spiro atoms. The van der Waals surface area contributed by atoms with Crippen molar-refractivity contribution in [2.24, 2.45) is 23.7 Å². The van der Waals surface area contributed by atoms with E-state index in [0.717, 1.165) is 11.1 Å². The first kappa shape index (κ1) is 46.0. The van der Waals surface area contributed by atoms with E-state index in [2.05, 4.69) is 21.4 Å². The molecule has 1 aromatic carbocycles. The molecule has 1 aromatic heterocycles. The fourth-order valence-corrected chi connectivity index (χ4v) is 9.04. The summed E-state index contributed by atoms with van der Waals surface area (Å²) >= 11 is 0. The molecule has 59 heavy (non-hydrogen) atoms. The number of aliphatic hydroxyl groups is 1. The molecule has 13 atom stereocenters. The number of amides is 1. The SMILES string of the molecule is CC[C@H]1OC(=O)[C@H](C)C(=O)[C@H](C)[C@@H](O[C@@H]2O[C@H](C)C[C@H](N(C)C)[C@H]2O)[C@](C)(OCCC/C=C/c2ccc(-c3ncccn3)cc2)C[C@@H](C)C(=O)[C@H](C)[C@@H]2NC(=O)O[C@]12C. The van der Waals surface area contributed by atoms with E-state index >= 15 is 0 Å². The first-order valence-electron chi connectivity index (χ1n) is 21.0. The van der Waals surface area contributed by atoms with Gasteiger partial charge in [-0.05, 0) is 85.5 Å². The predicted molar refractivity (Wildman–Crippen MR) is 221 cm³/mol. The van der Waals surface area contributed by atoms with Crippen LogP contribution in [0.2, 0.25) is 0 Å². The number of likely N-dealkylation sites (N-methyl/N-ethyl adjacent to an activating group) is 1. The lowest BCUT2D eigenvalue weighted by molar-refractivity contribution is -0.297. The fourth-order valence-electron chi connectivity index (χ4n) is 9.04. The van der Waals surface area contributed by atoms with Crippen LogP contribution in [0, 0.1) is 23.7 Å². The Hall–Kier alpha value is -4.08. The molecule has 0 unspecified atom stereocenters. The van der Waals surface area contributed by atoms with Crippen molar-refractivity contribution >= 4 is 29.7 Å². The highest BCUT2D eigenvalue weighted by molar-refractivity contribution is 6.00. The summed E-state index contributed by atoms with van der Waals surface area (Å²) in [6.07, 6.45) is 4.51. The Morgan fingerprint density at radius 1 is 0.983 bits per heavy atom. The monoisotopic (exact) mass is 820 g/mol. The van der Waals surface area contributed by atoms with E-state index in [1.807, 2.05) is 63.2 Å².